The fourth-order valence-electron chi connectivity index (χ4n) is 2.16. The highest BCUT2D eigenvalue weighted by Crippen LogP contribution is 2.29. The van der Waals surface area contributed by atoms with Gasteiger partial charge in [0.25, 0.3) is 5.91 Å². The molecule has 1 heterocycles. The molecule has 122 valence electrons. The van der Waals surface area contributed by atoms with E-state index in [9.17, 15) is 4.79 Å². The summed E-state index contributed by atoms with van der Waals surface area (Å²) in [4.78, 5) is 12.3. The van der Waals surface area contributed by atoms with Crippen molar-refractivity contribution in [2.75, 3.05) is 11.9 Å². The molecule has 0 unspecified atom stereocenters. The molecule has 1 fully saturated rings. The molecule has 3 rings (SSSR count). The highest BCUT2D eigenvalue weighted by atomic mass is 16.5. The van der Waals surface area contributed by atoms with Crippen molar-refractivity contribution < 1.29 is 9.53 Å². The molecule has 1 saturated carbocycles. The van der Waals surface area contributed by atoms with Crippen LogP contribution in [-0.2, 0) is 5.54 Å². The standard InChI is InChI=1S/C18H23N3O2/c1-18(2,3)21-11-15(10-19-21)20-17(22)14-6-8-16(9-7-14)23-12-13-4-5-13/h6-11,13H,4-5,12H2,1-3H3,(H,20,22). The number of carbonyl (C=O) groups is 1. The molecule has 5 nitrogen and oxygen atoms in total. The minimum Gasteiger partial charge on any atom is -0.493 e. The number of nitrogens with zero attached hydrogens (tertiary/aromatic N) is 2. The van der Waals surface area contributed by atoms with Gasteiger partial charge in [0.2, 0.25) is 0 Å². The zero-order chi connectivity index (χ0) is 16.4. The maximum Gasteiger partial charge on any atom is 0.255 e. The Bertz CT molecular complexity index is 679. The van der Waals surface area contributed by atoms with Gasteiger partial charge >= 0.3 is 0 Å². The van der Waals surface area contributed by atoms with Crippen molar-refractivity contribution in [1.29, 1.82) is 0 Å². The maximum atomic E-state index is 12.3. The molecule has 1 aromatic heterocycles. The predicted octanol–water partition coefficient (Wildman–Crippen LogP) is 3.68. The van der Waals surface area contributed by atoms with Gasteiger partial charge in [-0.3, -0.25) is 9.48 Å². The largest absolute Gasteiger partial charge is 0.493 e. The van der Waals surface area contributed by atoms with Crippen molar-refractivity contribution in [3.8, 4) is 5.75 Å². The second-order valence-electron chi connectivity index (χ2n) is 7.08. The Kier molecular flexibility index (Phi) is 4.11. The smallest absolute Gasteiger partial charge is 0.255 e. The number of nitrogens with one attached hydrogen (secondary N) is 1. The summed E-state index contributed by atoms with van der Waals surface area (Å²) >= 11 is 0. The summed E-state index contributed by atoms with van der Waals surface area (Å²) in [6.07, 6.45) is 6.03. The minimum atomic E-state index is -0.146. The SMILES string of the molecule is CC(C)(C)n1cc(NC(=O)c2ccc(OCC3CC3)cc2)cn1. The van der Waals surface area contributed by atoms with Crippen molar-refractivity contribution in [3.63, 3.8) is 0 Å². The zero-order valence-corrected chi connectivity index (χ0v) is 13.9. The first-order chi connectivity index (χ1) is 10.9. The number of anilines is 1. The molecular weight excluding hydrogens is 290 g/mol. The molecule has 5 heteroatoms. The third-order valence-corrected chi connectivity index (χ3v) is 3.83. The molecule has 0 saturated heterocycles. The van der Waals surface area contributed by atoms with Gasteiger partial charge in [-0.15, -0.1) is 0 Å². The molecule has 1 aromatic carbocycles. The summed E-state index contributed by atoms with van der Waals surface area (Å²) in [5, 5.41) is 7.14. The number of hydrogen-bond donors (Lipinski definition) is 1. The lowest BCUT2D eigenvalue weighted by Gasteiger charge is -2.18. The number of rotatable bonds is 5. The van der Waals surface area contributed by atoms with Crippen LogP contribution in [-0.4, -0.2) is 22.3 Å². The second-order valence-corrected chi connectivity index (χ2v) is 7.08. The molecule has 2 aromatic rings. The Balaban J connectivity index is 1.59. The number of hydrogen-bond acceptors (Lipinski definition) is 3. The van der Waals surface area contributed by atoms with E-state index in [1.54, 1.807) is 18.3 Å². The van der Waals surface area contributed by atoms with E-state index in [4.69, 9.17) is 4.74 Å². The molecule has 23 heavy (non-hydrogen) atoms. The second kappa shape index (κ2) is 6.07. The third kappa shape index (κ3) is 4.12. The van der Waals surface area contributed by atoms with E-state index in [0.29, 0.717) is 11.3 Å². The van der Waals surface area contributed by atoms with E-state index in [-0.39, 0.29) is 11.4 Å². The lowest BCUT2D eigenvalue weighted by molar-refractivity contribution is 0.102. The van der Waals surface area contributed by atoms with Crippen LogP contribution in [0.3, 0.4) is 0 Å². The number of carbonyl (C=O) groups excluding carboxylic acids is 1. The van der Waals surface area contributed by atoms with Gasteiger partial charge in [-0.2, -0.15) is 5.10 Å². The molecule has 1 N–H and O–H groups in total. The molecule has 0 aliphatic heterocycles. The Hall–Kier alpha value is -2.30. The molecular formula is C18H23N3O2. The highest BCUT2D eigenvalue weighted by Gasteiger charge is 2.22. The monoisotopic (exact) mass is 313 g/mol. The first-order valence-corrected chi connectivity index (χ1v) is 8.01. The van der Waals surface area contributed by atoms with Gasteiger partial charge in [0.1, 0.15) is 5.75 Å². The van der Waals surface area contributed by atoms with Crippen molar-refractivity contribution in [2.24, 2.45) is 5.92 Å². The van der Waals surface area contributed by atoms with E-state index in [1.165, 1.54) is 12.8 Å². The molecule has 0 atom stereocenters. The maximum absolute atomic E-state index is 12.3. The average Bonchev–Trinajstić information content (AvgIpc) is 3.21. The Morgan fingerprint density at radius 1 is 1.30 bits per heavy atom. The summed E-state index contributed by atoms with van der Waals surface area (Å²) in [6.45, 7) is 6.96. The predicted molar refractivity (Wildman–Crippen MR) is 89.8 cm³/mol. The van der Waals surface area contributed by atoms with Crippen LogP contribution in [0.1, 0.15) is 44.0 Å². The quantitative estimate of drug-likeness (QED) is 0.916. The van der Waals surface area contributed by atoms with Crippen molar-refractivity contribution >= 4 is 11.6 Å². The van der Waals surface area contributed by atoms with E-state index in [2.05, 4.69) is 31.2 Å². The molecule has 0 bridgehead atoms. The fourth-order valence-corrected chi connectivity index (χ4v) is 2.16. The fraction of sp³-hybridized carbons (Fsp3) is 0.444. The van der Waals surface area contributed by atoms with Crippen LogP contribution in [0.4, 0.5) is 5.69 Å². The van der Waals surface area contributed by atoms with Crippen LogP contribution in [0.2, 0.25) is 0 Å². The van der Waals surface area contributed by atoms with Crippen LogP contribution < -0.4 is 10.1 Å². The van der Waals surface area contributed by atoms with Crippen LogP contribution in [0, 0.1) is 5.92 Å². The lowest BCUT2D eigenvalue weighted by atomic mass is 10.1. The van der Waals surface area contributed by atoms with Gasteiger partial charge in [0.15, 0.2) is 0 Å². The number of amides is 1. The van der Waals surface area contributed by atoms with Gasteiger partial charge in [0.05, 0.1) is 24.0 Å². The highest BCUT2D eigenvalue weighted by molar-refractivity contribution is 6.04. The van der Waals surface area contributed by atoms with E-state index in [1.807, 2.05) is 23.0 Å². The molecule has 1 aliphatic rings. The number of aromatic nitrogens is 2. The summed E-state index contributed by atoms with van der Waals surface area (Å²) in [7, 11) is 0. The van der Waals surface area contributed by atoms with Gasteiger partial charge in [-0.25, -0.2) is 0 Å². The Labute approximate surface area is 136 Å². The van der Waals surface area contributed by atoms with Gasteiger partial charge in [0, 0.05) is 11.8 Å². The van der Waals surface area contributed by atoms with Gasteiger partial charge in [-0.05, 0) is 63.8 Å². The lowest BCUT2D eigenvalue weighted by Crippen LogP contribution is -2.22. The molecule has 0 spiro atoms. The van der Waals surface area contributed by atoms with E-state index in [0.717, 1.165) is 18.3 Å². The first kappa shape index (κ1) is 15.6. The average molecular weight is 313 g/mol. The van der Waals surface area contributed by atoms with Gasteiger partial charge in [-0.1, -0.05) is 0 Å². The minimum absolute atomic E-state index is 0.108. The molecule has 1 aliphatic carbocycles. The van der Waals surface area contributed by atoms with Crippen molar-refractivity contribution in [3.05, 3.63) is 42.2 Å². The first-order valence-electron chi connectivity index (χ1n) is 8.01. The normalized spacial score (nSPS) is 14.6. The Morgan fingerprint density at radius 3 is 2.57 bits per heavy atom. The van der Waals surface area contributed by atoms with Crippen LogP contribution in [0.25, 0.3) is 0 Å². The van der Waals surface area contributed by atoms with E-state index >= 15 is 0 Å². The summed E-state index contributed by atoms with van der Waals surface area (Å²) in [5.74, 6) is 1.39. The van der Waals surface area contributed by atoms with Crippen molar-refractivity contribution in [2.45, 2.75) is 39.2 Å². The zero-order valence-electron chi connectivity index (χ0n) is 13.9. The van der Waals surface area contributed by atoms with Crippen LogP contribution >= 0.6 is 0 Å². The van der Waals surface area contributed by atoms with Crippen LogP contribution in [0.5, 0.6) is 5.75 Å². The van der Waals surface area contributed by atoms with Gasteiger partial charge < -0.3 is 10.1 Å². The topological polar surface area (TPSA) is 56.2 Å². The summed E-state index contributed by atoms with van der Waals surface area (Å²) in [5.41, 5.74) is 1.19. The number of ether oxygens (including phenoxy) is 1. The van der Waals surface area contributed by atoms with Crippen LogP contribution in [0.15, 0.2) is 36.7 Å². The van der Waals surface area contributed by atoms with E-state index < -0.39 is 0 Å². The Morgan fingerprint density at radius 2 is 2.00 bits per heavy atom. The summed E-state index contributed by atoms with van der Waals surface area (Å²) < 4.78 is 7.51. The molecule has 1 amide bonds. The summed E-state index contributed by atoms with van der Waals surface area (Å²) in [6, 6.07) is 7.25. The molecule has 0 radical (unpaired) electrons. The number of benzene rings is 1. The van der Waals surface area contributed by atoms with Crippen molar-refractivity contribution in [1.82, 2.24) is 9.78 Å². The third-order valence-electron chi connectivity index (χ3n) is 3.83.